The summed E-state index contributed by atoms with van der Waals surface area (Å²) in [4.78, 5) is 27.3. The molecule has 7 nitrogen and oxygen atoms in total. The highest BCUT2D eigenvalue weighted by molar-refractivity contribution is 6.36. The van der Waals surface area contributed by atoms with E-state index in [1.54, 1.807) is 0 Å². The van der Waals surface area contributed by atoms with Gasteiger partial charge >= 0.3 is 5.69 Å². The van der Waals surface area contributed by atoms with Gasteiger partial charge in [0.1, 0.15) is 0 Å². The van der Waals surface area contributed by atoms with Crippen molar-refractivity contribution in [1.82, 2.24) is 9.97 Å². The fraction of sp³-hybridized carbons (Fsp3) is 0.167. The Morgan fingerprint density at radius 1 is 1.40 bits per heavy atom. The standard InChI is InChI=1S/C6H4Cl2N4O3/c1-2(13)9-6-10-4(7)3(12(14)15)5(8)11-6/h1H3,(H,9,10,11,13). The highest BCUT2D eigenvalue weighted by atomic mass is 35.5. The zero-order valence-electron chi connectivity index (χ0n) is 7.32. The molecule has 0 atom stereocenters. The summed E-state index contributed by atoms with van der Waals surface area (Å²) in [7, 11) is 0. The number of nitrogens with one attached hydrogen (secondary N) is 1. The molecular weight excluding hydrogens is 247 g/mol. The van der Waals surface area contributed by atoms with Crippen molar-refractivity contribution in [3.8, 4) is 0 Å². The van der Waals surface area contributed by atoms with Gasteiger partial charge in [-0.3, -0.25) is 20.2 Å². The van der Waals surface area contributed by atoms with Gasteiger partial charge in [-0.1, -0.05) is 23.2 Å². The van der Waals surface area contributed by atoms with E-state index in [-0.39, 0.29) is 5.95 Å². The number of hydrogen-bond acceptors (Lipinski definition) is 5. The predicted molar refractivity (Wildman–Crippen MR) is 53.0 cm³/mol. The van der Waals surface area contributed by atoms with Gasteiger partial charge in [-0.05, 0) is 0 Å². The fourth-order valence-electron chi connectivity index (χ4n) is 0.766. The molecule has 1 amide bonds. The molecule has 1 heterocycles. The molecule has 1 aromatic rings. The summed E-state index contributed by atoms with van der Waals surface area (Å²) < 4.78 is 0. The van der Waals surface area contributed by atoms with E-state index in [9.17, 15) is 14.9 Å². The molecule has 15 heavy (non-hydrogen) atoms. The summed E-state index contributed by atoms with van der Waals surface area (Å²) in [5.74, 6) is -0.612. The third kappa shape index (κ3) is 2.74. The minimum Gasteiger partial charge on any atom is -0.295 e. The van der Waals surface area contributed by atoms with E-state index in [2.05, 4.69) is 15.3 Å². The van der Waals surface area contributed by atoms with Crippen LogP contribution in [0.5, 0.6) is 0 Å². The second-order valence-corrected chi connectivity index (χ2v) is 3.13. The Labute approximate surface area is 93.6 Å². The summed E-state index contributed by atoms with van der Waals surface area (Å²) in [5.41, 5.74) is -0.590. The van der Waals surface area contributed by atoms with Gasteiger partial charge in [0.05, 0.1) is 4.92 Å². The smallest absolute Gasteiger partial charge is 0.295 e. The molecule has 0 saturated carbocycles. The second kappa shape index (κ2) is 4.37. The van der Waals surface area contributed by atoms with Gasteiger partial charge in [0.2, 0.25) is 22.2 Å². The van der Waals surface area contributed by atoms with Crippen LogP contribution in [0.15, 0.2) is 0 Å². The summed E-state index contributed by atoms with van der Waals surface area (Å²) >= 11 is 11.0. The van der Waals surface area contributed by atoms with Crippen molar-refractivity contribution >= 4 is 40.7 Å². The number of carbonyl (C=O) groups is 1. The molecule has 0 aliphatic carbocycles. The number of anilines is 1. The number of hydrogen-bond donors (Lipinski definition) is 1. The van der Waals surface area contributed by atoms with Crippen LogP contribution < -0.4 is 5.32 Å². The molecule has 0 unspecified atom stereocenters. The van der Waals surface area contributed by atoms with E-state index >= 15 is 0 Å². The Morgan fingerprint density at radius 2 is 1.87 bits per heavy atom. The number of nitro groups is 1. The van der Waals surface area contributed by atoms with Crippen LogP contribution in [-0.2, 0) is 4.79 Å². The van der Waals surface area contributed by atoms with Crippen LogP contribution >= 0.6 is 23.2 Å². The normalized spacial score (nSPS) is 9.80. The summed E-state index contributed by atoms with van der Waals surface area (Å²) in [6, 6.07) is 0. The van der Waals surface area contributed by atoms with Gasteiger partial charge in [0, 0.05) is 6.92 Å². The third-order valence-electron chi connectivity index (χ3n) is 1.27. The largest absolute Gasteiger partial charge is 0.343 e. The minimum atomic E-state index is -0.803. The van der Waals surface area contributed by atoms with Crippen molar-refractivity contribution < 1.29 is 9.72 Å². The van der Waals surface area contributed by atoms with Crippen molar-refractivity contribution in [2.45, 2.75) is 6.92 Å². The van der Waals surface area contributed by atoms with Crippen LogP contribution in [0, 0.1) is 10.1 Å². The summed E-state index contributed by atoms with van der Waals surface area (Å²) in [6.45, 7) is 1.23. The van der Waals surface area contributed by atoms with Crippen LogP contribution in [0.2, 0.25) is 10.3 Å². The molecular formula is C6H4Cl2N4O3. The molecule has 0 aliphatic heterocycles. The molecule has 1 rings (SSSR count). The number of amides is 1. The first-order chi connectivity index (χ1) is 6.91. The van der Waals surface area contributed by atoms with E-state index in [0.29, 0.717) is 0 Å². The first-order valence-corrected chi connectivity index (χ1v) is 4.32. The quantitative estimate of drug-likeness (QED) is 0.489. The molecule has 0 aromatic carbocycles. The Balaban J connectivity index is 3.19. The predicted octanol–water partition coefficient (Wildman–Crippen LogP) is 1.65. The Bertz CT molecular complexity index is 413. The van der Waals surface area contributed by atoms with Gasteiger partial charge in [0.15, 0.2) is 0 Å². The number of carbonyl (C=O) groups excluding carboxylic acids is 1. The summed E-state index contributed by atoms with van der Waals surface area (Å²) in [6.07, 6.45) is 0. The second-order valence-electron chi connectivity index (χ2n) is 2.42. The number of rotatable bonds is 2. The number of aromatic nitrogens is 2. The van der Waals surface area contributed by atoms with Crippen molar-refractivity contribution in [3.63, 3.8) is 0 Å². The third-order valence-corrected chi connectivity index (χ3v) is 1.80. The van der Waals surface area contributed by atoms with Crippen LogP contribution in [0.1, 0.15) is 6.92 Å². The van der Waals surface area contributed by atoms with E-state index < -0.39 is 26.8 Å². The lowest BCUT2D eigenvalue weighted by molar-refractivity contribution is -0.385. The molecule has 0 spiro atoms. The van der Waals surface area contributed by atoms with Gasteiger partial charge in [0.25, 0.3) is 0 Å². The molecule has 1 aromatic heterocycles. The zero-order valence-corrected chi connectivity index (χ0v) is 8.83. The van der Waals surface area contributed by atoms with Gasteiger partial charge < -0.3 is 0 Å². The highest BCUT2D eigenvalue weighted by Crippen LogP contribution is 2.29. The Kier molecular flexibility index (Phi) is 3.38. The minimum absolute atomic E-state index is 0.178. The topological polar surface area (TPSA) is 98.0 Å². The molecule has 9 heteroatoms. The highest BCUT2D eigenvalue weighted by Gasteiger charge is 2.22. The lowest BCUT2D eigenvalue weighted by Gasteiger charge is -2.01. The average molecular weight is 251 g/mol. The molecule has 0 aliphatic rings. The maximum absolute atomic E-state index is 10.6. The van der Waals surface area contributed by atoms with E-state index in [4.69, 9.17) is 23.2 Å². The number of halogens is 2. The first kappa shape index (κ1) is 11.6. The van der Waals surface area contributed by atoms with Crippen LogP contribution in [0.25, 0.3) is 0 Å². The maximum atomic E-state index is 10.6. The molecule has 0 saturated heterocycles. The van der Waals surface area contributed by atoms with E-state index in [1.807, 2.05) is 0 Å². The maximum Gasteiger partial charge on any atom is 0.343 e. The fourth-order valence-corrected chi connectivity index (χ4v) is 1.29. The lowest BCUT2D eigenvalue weighted by Crippen LogP contribution is -2.10. The number of nitrogens with zero attached hydrogens (tertiary/aromatic N) is 3. The molecule has 0 bridgehead atoms. The van der Waals surface area contributed by atoms with Crippen molar-refractivity contribution in [2.24, 2.45) is 0 Å². The summed E-state index contributed by atoms with van der Waals surface area (Å²) in [5, 5.41) is 11.8. The molecule has 0 radical (unpaired) electrons. The van der Waals surface area contributed by atoms with Gasteiger partial charge in [-0.15, -0.1) is 0 Å². The average Bonchev–Trinajstić information content (AvgIpc) is 1.99. The lowest BCUT2D eigenvalue weighted by atomic mass is 10.5. The monoisotopic (exact) mass is 250 g/mol. The SMILES string of the molecule is CC(=O)Nc1nc(Cl)c([N+](=O)[O-])c(Cl)n1. The van der Waals surface area contributed by atoms with E-state index in [0.717, 1.165) is 0 Å². The van der Waals surface area contributed by atoms with Crippen molar-refractivity contribution in [2.75, 3.05) is 5.32 Å². The molecule has 1 N–H and O–H groups in total. The zero-order chi connectivity index (χ0) is 11.6. The van der Waals surface area contributed by atoms with Gasteiger partial charge in [-0.25, -0.2) is 0 Å². The van der Waals surface area contributed by atoms with Crippen LogP contribution in [-0.4, -0.2) is 20.8 Å². The van der Waals surface area contributed by atoms with Gasteiger partial charge in [-0.2, -0.15) is 9.97 Å². The molecule has 0 fully saturated rings. The molecule has 80 valence electrons. The first-order valence-electron chi connectivity index (χ1n) is 3.57. The van der Waals surface area contributed by atoms with Crippen LogP contribution in [0.3, 0.4) is 0 Å². The van der Waals surface area contributed by atoms with Crippen molar-refractivity contribution in [3.05, 3.63) is 20.4 Å². The van der Waals surface area contributed by atoms with Crippen LogP contribution in [0.4, 0.5) is 11.6 Å². The van der Waals surface area contributed by atoms with E-state index in [1.165, 1.54) is 6.92 Å². The Hall–Kier alpha value is -1.47. The Morgan fingerprint density at radius 3 is 2.20 bits per heavy atom. The van der Waals surface area contributed by atoms with Crippen molar-refractivity contribution in [1.29, 1.82) is 0 Å².